The molecule has 0 aliphatic carbocycles. The topological polar surface area (TPSA) is 23.8 Å². The summed E-state index contributed by atoms with van der Waals surface area (Å²) < 4.78 is 1.25. The van der Waals surface area contributed by atoms with E-state index in [1.54, 1.807) is 0 Å². The van der Waals surface area contributed by atoms with Gasteiger partial charge in [-0.15, -0.1) is 0 Å². The lowest BCUT2D eigenvalue weighted by Crippen LogP contribution is -1.86. The number of hydrogen-bond acceptors (Lipinski definition) is 1. The van der Waals surface area contributed by atoms with Crippen molar-refractivity contribution >= 4 is 38.5 Å². The molecule has 84 valence electrons. The summed E-state index contributed by atoms with van der Waals surface area (Å²) in [7, 11) is 0. The Balaban J connectivity index is 2.40. The van der Waals surface area contributed by atoms with Gasteiger partial charge in [-0.25, -0.2) is 0 Å². The second-order valence-electron chi connectivity index (χ2n) is 3.63. The van der Waals surface area contributed by atoms with E-state index in [0.717, 1.165) is 10.9 Å². The molecule has 0 heterocycles. The molecule has 0 aliphatic rings. The fourth-order valence-electron chi connectivity index (χ4n) is 1.57. The molecule has 2 rings (SSSR count). The molecule has 1 nitrogen and oxygen atoms in total. The zero-order valence-electron chi connectivity index (χ0n) is 8.95. The summed E-state index contributed by atoms with van der Waals surface area (Å²) in [6, 6.07) is 16.2. The highest BCUT2D eigenvalue weighted by molar-refractivity contribution is 14.1. The molecule has 0 aliphatic heterocycles. The lowest BCUT2D eigenvalue weighted by Gasteiger charge is -2.05. The molecule has 0 radical (unpaired) electrons. The monoisotopic (exact) mass is 397 g/mol. The second kappa shape index (κ2) is 5.65. The van der Waals surface area contributed by atoms with E-state index in [9.17, 15) is 0 Å². The largest absolute Gasteiger partial charge is 0.192 e. The Kier molecular flexibility index (Phi) is 4.19. The van der Waals surface area contributed by atoms with Gasteiger partial charge < -0.3 is 0 Å². The van der Waals surface area contributed by atoms with Crippen molar-refractivity contribution in [3.8, 4) is 17.2 Å². The average Bonchev–Trinajstić information content (AvgIpc) is 2.39. The quantitative estimate of drug-likeness (QED) is 0.531. The maximum absolute atomic E-state index is 8.76. The zero-order chi connectivity index (χ0) is 12.3. The van der Waals surface area contributed by atoms with E-state index < -0.39 is 0 Å². The van der Waals surface area contributed by atoms with Gasteiger partial charge in [0, 0.05) is 8.90 Å². The minimum absolute atomic E-state index is 0.695. The first-order valence-corrected chi connectivity index (χ1v) is 7.29. The second-order valence-corrected chi connectivity index (χ2v) is 5.35. The number of nitriles is 1. The van der Waals surface area contributed by atoms with E-state index in [1.807, 2.05) is 24.3 Å². The van der Waals surface area contributed by atoms with Crippen LogP contribution in [-0.4, -0.2) is 0 Å². The van der Waals surface area contributed by atoms with Crippen LogP contribution in [0.5, 0.6) is 0 Å². The van der Waals surface area contributed by atoms with Crippen LogP contribution in [0.15, 0.2) is 42.5 Å². The van der Waals surface area contributed by atoms with Gasteiger partial charge in [-0.2, -0.15) is 5.26 Å². The normalized spacial score (nSPS) is 9.94. The summed E-state index contributed by atoms with van der Waals surface area (Å²) in [5.41, 5.74) is 4.31. The van der Waals surface area contributed by atoms with Gasteiger partial charge in [-0.05, 0) is 57.5 Å². The van der Waals surface area contributed by atoms with Crippen molar-refractivity contribution in [2.75, 3.05) is 0 Å². The minimum Gasteiger partial charge on any atom is -0.192 e. The van der Waals surface area contributed by atoms with Crippen LogP contribution in [0, 0.1) is 14.9 Å². The van der Waals surface area contributed by atoms with E-state index in [2.05, 4.69) is 62.8 Å². The van der Waals surface area contributed by atoms with Crippen LogP contribution in [0.1, 0.15) is 11.1 Å². The summed E-state index contributed by atoms with van der Waals surface area (Å²) in [5, 5.41) is 9.63. The van der Waals surface area contributed by atoms with Gasteiger partial charge in [-0.1, -0.05) is 40.2 Å². The molecular formula is C14H9BrIN. The highest BCUT2D eigenvalue weighted by Crippen LogP contribution is 2.25. The number of nitrogens with zero attached hydrogens (tertiary/aromatic N) is 1. The molecule has 0 saturated carbocycles. The van der Waals surface area contributed by atoms with E-state index in [1.165, 1.54) is 14.7 Å². The molecule has 2 aromatic carbocycles. The number of rotatable bonds is 2. The van der Waals surface area contributed by atoms with Gasteiger partial charge in [0.15, 0.2) is 0 Å². The average molecular weight is 398 g/mol. The molecule has 0 atom stereocenters. The Morgan fingerprint density at radius 2 is 1.71 bits per heavy atom. The predicted molar refractivity (Wildman–Crippen MR) is 81.9 cm³/mol. The lowest BCUT2D eigenvalue weighted by atomic mass is 10.0. The molecule has 0 fully saturated rings. The highest BCUT2D eigenvalue weighted by atomic mass is 127. The van der Waals surface area contributed by atoms with Crippen LogP contribution in [-0.2, 0) is 5.33 Å². The van der Waals surface area contributed by atoms with Crippen molar-refractivity contribution in [2.24, 2.45) is 0 Å². The molecular weight excluding hydrogens is 389 g/mol. The summed E-state index contributed by atoms with van der Waals surface area (Å²) in [5.74, 6) is 0. The van der Waals surface area contributed by atoms with E-state index in [4.69, 9.17) is 5.26 Å². The summed E-state index contributed by atoms with van der Waals surface area (Å²) in [6.07, 6.45) is 0. The molecule has 3 heteroatoms. The van der Waals surface area contributed by atoms with Gasteiger partial charge >= 0.3 is 0 Å². The molecule has 0 N–H and O–H groups in total. The Hall–Kier alpha value is -0.860. The van der Waals surface area contributed by atoms with Crippen molar-refractivity contribution in [3.05, 3.63) is 57.2 Å². The number of alkyl halides is 1. The van der Waals surface area contributed by atoms with Crippen molar-refractivity contribution in [3.63, 3.8) is 0 Å². The number of hydrogen-bond donors (Lipinski definition) is 0. The van der Waals surface area contributed by atoms with E-state index >= 15 is 0 Å². The summed E-state index contributed by atoms with van der Waals surface area (Å²) in [4.78, 5) is 0. The Bertz CT molecular complexity index is 570. The lowest BCUT2D eigenvalue weighted by molar-refractivity contribution is 1.39. The third-order valence-electron chi connectivity index (χ3n) is 2.54. The van der Waals surface area contributed by atoms with E-state index in [0.29, 0.717) is 5.56 Å². The van der Waals surface area contributed by atoms with Gasteiger partial charge in [0.25, 0.3) is 0 Å². The smallest absolute Gasteiger partial charge is 0.0991 e. The molecule has 0 aromatic heterocycles. The Morgan fingerprint density at radius 1 is 1.06 bits per heavy atom. The number of benzene rings is 2. The van der Waals surface area contributed by atoms with Crippen LogP contribution in [0.3, 0.4) is 0 Å². The van der Waals surface area contributed by atoms with Crippen LogP contribution >= 0.6 is 38.5 Å². The molecule has 0 amide bonds. The zero-order valence-corrected chi connectivity index (χ0v) is 12.7. The first kappa shape index (κ1) is 12.6. The van der Waals surface area contributed by atoms with Crippen molar-refractivity contribution in [2.45, 2.75) is 5.33 Å². The Labute approximate surface area is 123 Å². The maximum Gasteiger partial charge on any atom is 0.0991 e. The van der Waals surface area contributed by atoms with Gasteiger partial charge in [0.05, 0.1) is 11.6 Å². The molecule has 0 unspecified atom stereocenters. The number of halogens is 2. The van der Waals surface area contributed by atoms with Crippen LogP contribution in [0.2, 0.25) is 0 Å². The van der Waals surface area contributed by atoms with Gasteiger partial charge in [0.2, 0.25) is 0 Å². The molecule has 0 spiro atoms. The minimum atomic E-state index is 0.695. The Morgan fingerprint density at radius 3 is 2.24 bits per heavy atom. The molecule has 17 heavy (non-hydrogen) atoms. The molecule has 0 bridgehead atoms. The maximum atomic E-state index is 8.76. The van der Waals surface area contributed by atoms with Crippen molar-refractivity contribution < 1.29 is 0 Å². The van der Waals surface area contributed by atoms with Crippen LogP contribution in [0.4, 0.5) is 0 Å². The van der Waals surface area contributed by atoms with Crippen molar-refractivity contribution in [1.82, 2.24) is 0 Å². The standard InChI is InChI=1S/C14H9BrIN/c15-8-13-6-5-12(7-14(13)16)11-3-1-10(9-17)2-4-11/h1-7H,8H2. The summed E-state index contributed by atoms with van der Waals surface area (Å²) >= 11 is 5.81. The molecule has 0 saturated heterocycles. The fourth-order valence-corrected chi connectivity index (χ4v) is 3.29. The first-order valence-electron chi connectivity index (χ1n) is 5.09. The van der Waals surface area contributed by atoms with Crippen LogP contribution < -0.4 is 0 Å². The third kappa shape index (κ3) is 2.88. The predicted octanol–water partition coefficient (Wildman–Crippen LogP) is 4.72. The van der Waals surface area contributed by atoms with E-state index in [-0.39, 0.29) is 0 Å². The van der Waals surface area contributed by atoms with Gasteiger partial charge in [0.1, 0.15) is 0 Å². The highest BCUT2D eigenvalue weighted by Gasteiger charge is 2.02. The van der Waals surface area contributed by atoms with Crippen molar-refractivity contribution in [1.29, 1.82) is 5.26 Å². The SMILES string of the molecule is N#Cc1ccc(-c2ccc(CBr)c(I)c2)cc1. The molecule has 2 aromatic rings. The summed E-state index contributed by atoms with van der Waals surface area (Å²) in [6.45, 7) is 0. The fraction of sp³-hybridized carbons (Fsp3) is 0.0714. The van der Waals surface area contributed by atoms with Crippen LogP contribution in [0.25, 0.3) is 11.1 Å². The first-order chi connectivity index (χ1) is 8.24. The van der Waals surface area contributed by atoms with Gasteiger partial charge in [-0.3, -0.25) is 0 Å². The third-order valence-corrected chi connectivity index (χ3v) is 4.15.